The first-order chi connectivity index (χ1) is 22.7. The molecule has 13 heteroatoms. The predicted octanol–water partition coefficient (Wildman–Crippen LogP) is 5.15. The van der Waals surface area contributed by atoms with Crippen LogP contribution in [-0.4, -0.2) is 95.3 Å². The van der Waals surface area contributed by atoms with Crippen LogP contribution >= 0.6 is 11.6 Å². The van der Waals surface area contributed by atoms with Crippen molar-refractivity contribution in [1.82, 2.24) is 24.8 Å². The zero-order valence-electron chi connectivity index (χ0n) is 25.8. The van der Waals surface area contributed by atoms with E-state index in [9.17, 15) is 14.4 Å². The summed E-state index contributed by atoms with van der Waals surface area (Å²) in [5, 5.41) is 11.8. The Kier molecular flexibility index (Phi) is 8.16. The Hall–Kier alpha value is -4.44. The van der Waals surface area contributed by atoms with Crippen LogP contribution in [0.15, 0.2) is 55.0 Å². The topological polar surface area (TPSA) is 108 Å². The van der Waals surface area contributed by atoms with Crippen molar-refractivity contribution in [2.24, 2.45) is 5.92 Å². The molecule has 3 saturated heterocycles. The molecule has 5 heterocycles. The number of benzene rings is 2. The minimum atomic E-state index is -1.10. The third kappa shape index (κ3) is 5.32. The first kappa shape index (κ1) is 31.2. The number of pyridine rings is 1. The number of amides is 1. The molecule has 2 aromatic heterocycles. The van der Waals surface area contributed by atoms with E-state index < -0.39 is 23.6 Å². The van der Waals surface area contributed by atoms with Crippen molar-refractivity contribution in [3.63, 3.8) is 0 Å². The monoisotopic (exact) mass is 659 g/mol. The van der Waals surface area contributed by atoms with E-state index >= 15 is 4.39 Å². The quantitative estimate of drug-likeness (QED) is 0.249. The summed E-state index contributed by atoms with van der Waals surface area (Å²) in [6.45, 7) is 5.92. The molecular formula is C34H32ClF2N7O3. The van der Waals surface area contributed by atoms with Crippen LogP contribution in [0.4, 0.5) is 14.6 Å². The minimum absolute atomic E-state index is 0.00281. The van der Waals surface area contributed by atoms with Crippen LogP contribution < -0.4 is 9.64 Å². The Morgan fingerprint density at radius 2 is 2.04 bits per heavy atom. The molecule has 3 aliphatic heterocycles. The van der Waals surface area contributed by atoms with Gasteiger partial charge in [-0.1, -0.05) is 48.5 Å². The Balaban J connectivity index is 1.33. The first-order valence-corrected chi connectivity index (χ1v) is 15.8. The maximum atomic E-state index is 16.8. The molecule has 1 amide bonds. The molecule has 3 atom stereocenters. The van der Waals surface area contributed by atoms with Crippen LogP contribution in [0.1, 0.15) is 12.8 Å². The third-order valence-corrected chi connectivity index (χ3v) is 10.1. The van der Waals surface area contributed by atoms with Crippen molar-refractivity contribution in [2.75, 3.05) is 57.9 Å². The molecule has 2 unspecified atom stereocenters. The second-order valence-electron chi connectivity index (χ2n) is 12.3. The van der Waals surface area contributed by atoms with Crippen LogP contribution in [0.3, 0.4) is 0 Å². The van der Waals surface area contributed by atoms with E-state index in [1.807, 2.05) is 36.2 Å². The van der Waals surface area contributed by atoms with E-state index in [0.717, 1.165) is 18.4 Å². The smallest absolute Gasteiger partial charge is 0.319 e. The summed E-state index contributed by atoms with van der Waals surface area (Å²) in [6, 6.07) is 12.4. The second-order valence-corrected chi connectivity index (χ2v) is 12.7. The number of ether oxygens (including phenoxy) is 2. The molecule has 242 valence electrons. The van der Waals surface area contributed by atoms with Gasteiger partial charge in [-0.3, -0.25) is 14.7 Å². The molecule has 2 aromatic carbocycles. The SMILES string of the molecule is C=C(F)C(=O)N1CCN(c2nc(OCC34COCC3CCN4C)nc3c(F)c(-c4cccc5cccc(Cl)c45)ncc23)C[C@@H]1CC#N. The number of nitrogens with zero attached hydrogens (tertiary/aromatic N) is 7. The van der Waals surface area contributed by atoms with E-state index in [0.29, 0.717) is 46.3 Å². The summed E-state index contributed by atoms with van der Waals surface area (Å²) in [5.74, 6) is -2.00. The zero-order valence-corrected chi connectivity index (χ0v) is 26.5. The molecule has 0 radical (unpaired) electrons. The fourth-order valence-electron chi connectivity index (χ4n) is 7.21. The first-order valence-electron chi connectivity index (χ1n) is 15.4. The Bertz CT molecular complexity index is 1950. The van der Waals surface area contributed by atoms with Gasteiger partial charge >= 0.3 is 6.01 Å². The number of hydrogen-bond donors (Lipinski definition) is 0. The Labute approximate surface area is 275 Å². The van der Waals surface area contributed by atoms with Crippen LogP contribution in [0.5, 0.6) is 6.01 Å². The molecule has 0 spiro atoms. The number of aromatic nitrogens is 3. The number of likely N-dealkylation sites (tertiary alicyclic amines) is 1. The lowest BCUT2D eigenvalue weighted by atomic mass is 9.89. The van der Waals surface area contributed by atoms with Crippen molar-refractivity contribution in [3.8, 4) is 23.3 Å². The Morgan fingerprint density at radius 3 is 2.83 bits per heavy atom. The summed E-state index contributed by atoms with van der Waals surface area (Å²) < 4.78 is 42.8. The lowest BCUT2D eigenvalue weighted by Gasteiger charge is -2.41. The highest BCUT2D eigenvalue weighted by Gasteiger charge is 2.52. The number of hydrogen-bond acceptors (Lipinski definition) is 9. The molecular weight excluding hydrogens is 628 g/mol. The van der Waals surface area contributed by atoms with E-state index in [4.69, 9.17) is 26.1 Å². The lowest BCUT2D eigenvalue weighted by molar-refractivity contribution is -0.131. The van der Waals surface area contributed by atoms with Crippen molar-refractivity contribution >= 4 is 45.0 Å². The number of likely N-dealkylation sites (N-methyl/N-ethyl adjacent to an activating group) is 1. The maximum absolute atomic E-state index is 16.8. The number of piperazine rings is 1. The third-order valence-electron chi connectivity index (χ3n) is 9.81. The molecule has 0 aliphatic carbocycles. The highest BCUT2D eigenvalue weighted by Crippen LogP contribution is 2.41. The van der Waals surface area contributed by atoms with Crippen molar-refractivity contribution in [3.05, 3.63) is 65.8 Å². The van der Waals surface area contributed by atoms with E-state index in [1.165, 1.54) is 11.1 Å². The van der Waals surface area contributed by atoms with Gasteiger partial charge in [0.25, 0.3) is 5.91 Å². The van der Waals surface area contributed by atoms with Gasteiger partial charge < -0.3 is 19.3 Å². The van der Waals surface area contributed by atoms with Gasteiger partial charge in [0.1, 0.15) is 23.6 Å². The van der Waals surface area contributed by atoms with Gasteiger partial charge in [-0.2, -0.15) is 15.2 Å². The summed E-state index contributed by atoms with van der Waals surface area (Å²) in [4.78, 5) is 31.8. The number of carbonyl (C=O) groups is 1. The molecule has 0 bridgehead atoms. The molecule has 47 heavy (non-hydrogen) atoms. The Morgan fingerprint density at radius 1 is 1.23 bits per heavy atom. The van der Waals surface area contributed by atoms with Gasteiger partial charge in [0.05, 0.1) is 42.7 Å². The number of carbonyl (C=O) groups excluding carboxylic acids is 1. The molecule has 3 aliphatic rings. The molecule has 4 aromatic rings. The highest BCUT2D eigenvalue weighted by atomic mass is 35.5. The standard InChI is InChI=1S/C34H32ClF2N7O3/c1-20(36)32(45)44-14-13-43(16-23(44)9-11-38)31-25-15-39-29(24-7-3-5-21-6-4-8-26(35)27(21)24)28(37)30(25)40-33(41-31)47-19-34-18-46-17-22(34)10-12-42(34)2/h3-8,15,22-23H,1,9-10,12-14,16-19H2,2H3/t22?,23-,34?/m0/s1. The largest absolute Gasteiger partial charge is 0.461 e. The average molecular weight is 660 g/mol. The van der Waals surface area contributed by atoms with Gasteiger partial charge in [0, 0.05) is 47.7 Å². The van der Waals surface area contributed by atoms with Gasteiger partial charge in [-0.25, -0.2) is 8.78 Å². The van der Waals surface area contributed by atoms with Crippen LogP contribution in [-0.2, 0) is 9.53 Å². The predicted molar refractivity (Wildman–Crippen MR) is 173 cm³/mol. The van der Waals surface area contributed by atoms with E-state index in [1.54, 1.807) is 12.1 Å². The average Bonchev–Trinajstić information content (AvgIpc) is 3.63. The van der Waals surface area contributed by atoms with Crippen LogP contribution in [0.2, 0.25) is 5.02 Å². The molecule has 3 fully saturated rings. The van der Waals surface area contributed by atoms with Gasteiger partial charge in [-0.15, -0.1) is 0 Å². The number of halogens is 3. The van der Waals surface area contributed by atoms with Gasteiger partial charge in [0.2, 0.25) is 0 Å². The maximum Gasteiger partial charge on any atom is 0.319 e. The summed E-state index contributed by atoms with van der Waals surface area (Å²) >= 11 is 6.59. The number of rotatable bonds is 7. The fourth-order valence-corrected chi connectivity index (χ4v) is 7.50. The van der Waals surface area contributed by atoms with E-state index in [-0.39, 0.29) is 55.4 Å². The molecule has 7 rings (SSSR count). The zero-order chi connectivity index (χ0) is 32.9. The van der Waals surface area contributed by atoms with Crippen LogP contribution in [0.25, 0.3) is 32.9 Å². The van der Waals surface area contributed by atoms with Crippen LogP contribution in [0, 0.1) is 23.1 Å². The lowest BCUT2D eigenvalue weighted by Crippen LogP contribution is -2.55. The highest BCUT2D eigenvalue weighted by molar-refractivity contribution is 6.36. The summed E-state index contributed by atoms with van der Waals surface area (Å²) in [5.41, 5.74) is 0.242. The number of anilines is 1. The molecule has 0 N–H and O–H groups in total. The van der Waals surface area contributed by atoms with Gasteiger partial charge in [-0.05, 0) is 31.5 Å². The van der Waals surface area contributed by atoms with Crippen molar-refractivity contribution in [2.45, 2.75) is 24.4 Å². The van der Waals surface area contributed by atoms with Crippen molar-refractivity contribution < 1.29 is 23.0 Å². The fraction of sp³-hybridized carbons (Fsp3) is 0.382. The molecule has 10 nitrogen and oxygen atoms in total. The molecule has 0 saturated carbocycles. The summed E-state index contributed by atoms with van der Waals surface area (Å²) in [6.07, 6.45) is 2.46. The normalized spacial score (nSPS) is 22.9. The van der Waals surface area contributed by atoms with E-state index in [2.05, 4.69) is 27.5 Å². The minimum Gasteiger partial charge on any atom is -0.461 e. The number of fused-ring (bicyclic) bond motifs is 3. The summed E-state index contributed by atoms with van der Waals surface area (Å²) in [7, 11) is 2.04. The van der Waals surface area contributed by atoms with Crippen molar-refractivity contribution in [1.29, 1.82) is 5.26 Å². The second kappa shape index (κ2) is 12.3. The number of nitriles is 1. The van der Waals surface area contributed by atoms with Gasteiger partial charge in [0.15, 0.2) is 11.6 Å².